The Kier molecular flexibility index (Phi) is 3.46. The van der Waals surface area contributed by atoms with Crippen molar-refractivity contribution in [1.29, 1.82) is 0 Å². The Morgan fingerprint density at radius 1 is 1.22 bits per heavy atom. The van der Waals surface area contributed by atoms with E-state index in [4.69, 9.17) is 0 Å². The number of likely N-dealkylation sites (tertiary alicyclic amines) is 1. The van der Waals surface area contributed by atoms with Crippen molar-refractivity contribution in [3.8, 4) is 0 Å². The van der Waals surface area contributed by atoms with Crippen molar-refractivity contribution in [2.75, 3.05) is 25.5 Å². The van der Waals surface area contributed by atoms with Crippen molar-refractivity contribution in [1.82, 2.24) is 14.9 Å². The normalized spacial score (nSPS) is 24.6. The van der Waals surface area contributed by atoms with Crippen LogP contribution in [0.25, 0.3) is 0 Å². The van der Waals surface area contributed by atoms with Crippen LogP contribution in [0.2, 0.25) is 0 Å². The van der Waals surface area contributed by atoms with Crippen molar-refractivity contribution in [2.45, 2.75) is 44.6 Å². The lowest BCUT2D eigenvalue weighted by Gasteiger charge is -2.17. The second-order valence-corrected chi connectivity index (χ2v) is 5.60. The molecule has 1 unspecified atom stereocenters. The van der Waals surface area contributed by atoms with E-state index >= 15 is 0 Å². The maximum absolute atomic E-state index is 4.48. The van der Waals surface area contributed by atoms with Gasteiger partial charge >= 0.3 is 0 Å². The van der Waals surface area contributed by atoms with Crippen LogP contribution in [0.15, 0.2) is 6.33 Å². The van der Waals surface area contributed by atoms with Gasteiger partial charge in [0.15, 0.2) is 0 Å². The zero-order valence-electron chi connectivity index (χ0n) is 11.2. The molecule has 1 aliphatic heterocycles. The first-order valence-electron chi connectivity index (χ1n) is 7.11. The Balaban J connectivity index is 1.79. The molecule has 18 heavy (non-hydrogen) atoms. The minimum atomic E-state index is 0.553. The standard InChI is InChI=1S/C14H22N4/c1-18-8-7-11(9-18)17-14-12-5-3-2-4-6-13(12)15-10-16-14/h10-11H,2-9H2,1H3,(H,15,16,17). The molecule has 1 saturated heterocycles. The van der Waals surface area contributed by atoms with E-state index in [1.54, 1.807) is 6.33 Å². The third-order valence-electron chi connectivity index (χ3n) is 4.11. The molecule has 0 radical (unpaired) electrons. The Bertz CT molecular complexity index is 418. The van der Waals surface area contributed by atoms with E-state index in [-0.39, 0.29) is 0 Å². The fraction of sp³-hybridized carbons (Fsp3) is 0.714. The summed E-state index contributed by atoms with van der Waals surface area (Å²) in [4.78, 5) is 11.3. The Hall–Kier alpha value is -1.16. The number of aryl methyl sites for hydroxylation is 1. The predicted molar refractivity (Wildman–Crippen MR) is 72.8 cm³/mol. The van der Waals surface area contributed by atoms with Crippen LogP contribution in [0.5, 0.6) is 0 Å². The molecule has 1 aliphatic carbocycles. The first-order valence-corrected chi connectivity index (χ1v) is 7.11. The molecule has 3 rings (SSSR count). The number of anilines is 1. The monoisotopic (exact) mass is 246 g/mol. The molecule has 1 aromatic rings. The van der Waals surface area contributed by atoms with Crippen molar-refractivity contribution >= 4 is 5.82 Å². The molecule has 1 fully saturated rings. The minimum absolute atomic E-state index is 0.553. The van der Waals surface area contributed by atoms with Gasteiger partial charge in [-0.25, -0.2) is 9.97 Å². The van der Waals surface area contributed by atoms with Gasteiger partial charge in [0, 0.05) is 23.8 Å². The number of hydrogen-bond acceptors (Lipinski definition) is 4. The third kappa shape index (κ3) is 2.48. The maximum Gasteiger partial charge on any atom is 0.133 e. The summed E-state index contributed by atoms with van der Waals surface area (Å²) < 4.78 is 0. The zero-order valence-corrected chi connectivity index (χ0v) is 11.2. The highest BCUT2D eigenvalue weighted by Gasteiger charge is 2.22. The molecule has 1 atom stereocenters. The Morgan fingerprint density at radius 3 is 2.94 bits per heavy atom. The lowest BCUT2D eigenvalue weighted by atomic mass is 10.1. The van der Waals surface area contributed by atoms with Gasteiger partial charge < -0.3 is 10.2 Å². The predicted octanol–water partition coefficient (Wildman–Crippen LogP) is 1.86. The van der Waals surface area contributed by atoms with Gasteiger partial charge in [0.25, 0.3) is 0 Å². The minimum Gasteiger partial charge on any atom is -0.366 e. The van der Waals surface area contributed by atoms with E-state index in [9.17, 15) is 0 Å². The topological polar surface area (TPSA) is 41.0 Å². The van der Waals surface area contributed by atoms with Crippen molar-refractivity contribution in [3.05, 3.63) is 17.6 Å². The molecule has 4 nitrogen and oxygen atoms in total. The lowest BCUT2D eigenvalue weighted by molar-refractivity contribution is 0.414. The summed E-state index contributed by atoms with van der Waals surface area (Å²) in [6, 6.07) is 0.553. The maximum atomic E-state index is 4.48. The molecule has 0 aromatic carbocycles. The lowest BCUT2D eigenvalue weighted by Crippen LogP contribution is -2.25. The van der Waals surface area contributed by atoms with Gasteiger partial charge in [-0.05, 0) is 45.7 Å². The summed E-state index contributed by atoms with van der Waals surface area (Å²) in [5, 5.41) is 3.63. The van der Waals surface area contributed by atoms with Crippen molar-refractivity contribution < 1.29 is 0 Å². The molecular formula is C14H22N4. The molecular weight excluding hydrogens is 224 g/mol. The van der Waals surface area contributed by atoms with Crippen LogP contribution in [0.4, 0.5) is 5.82 Å². The second kappa shape index (κ2) is 5.22. The first-order chi connectivity index (χ1) is 8.83. The zero-order chi connectivity index (χ0) is 12.4. The van der Waals surface area contributed by atoms with Crippen molar-refractivity contribution in [3.63, 3.8) is 0 Å². The molecule has 2 aliphatic rings. The molecule has 2 heterocycles. The van der Waals surface area contributed by atoms with E-state index in [1.165, 1.54) is 43.5 Å². The van der Waals surface area contributed by atoms with E-state index in [1.807, 2.05) is 0 Å². The summed E-state index contributed by atoms with van der Waals surface area (Å²) in [5.41, 5.74) is 2.65. The van der Waals surface area contributed by atoms with Crippen LogP contribution in [0, 0.1) is 0 Å². The SMILES string of the molecule is CN1CCC(Nc2ncnc3c2CCCCC3)C1. The number of fused-ring (bicyclic) bond motifs is 1. The third-order valence-corrected chi connectivity index (χ3v) is 4.11. The van der Waals surface area contributed by atoms with Gasteiger partial charge in [-0.3, -0.25) is 0 Å². The summed E-state index contributed by atoms with van der Waals surface area (Å²) in [6.07, 6.45) is 9.08. The number of nitrogens with one attached hydrogen (secondary N) is 1. The van der Waals surface area contributed by atoms with Gasteiger partial charge in [0.1, 0.15) is 12.1 Å². The average molecular weight is 246 g/mol. The summed E-state index contributed by atoms with van der Waals surface area (Å²) in [7, 11) is 2.18. The average Bonchev–Trinajstić information content (AvgIpc) is 2.65. The van der Waals surface area contributed by atoms with Crippen LogP contribution in [0.3, 0.4) is 0 Å². The van der Waals surface area contributed by atoms with Crippen LogP contribution < -0.4 is 5.32 Å². The second-order valence-electron chi connectivity index (χ2n) is 5.60. The van der Waals surface area contributed by atoms with Gasteiger partial charge in [-0.2, -0.15) is 0 Å². The van der Waals surface area contributed by atoms with E-state index in [0.717, 1.165) is 25.2 Å². The molecule has 4 heteroatoms. The van der Waals surface area contributed by atoms with E-state index in [2.05, 4.69) is 27.2 Å². The smallest absolute Gasteiger partial charge is 0.133 e. The Morgan fingerprint density at radius 2 is 2.11 bits per heavy atom. The molecule has 1 aromatic heterocycles. The van der Waals surface area contributed by atoms with Gasteiger partial charge in [-0.1, -0.05) is 6.42 Å². The number of likely N-dealkylation sites (N-methyl/N-ethyl adjacent to an activating group) is 1. The van der Waals surface area contributed by atoms with Crippen molar-refractivity contribution in [2.24, 2.45) is 0 Å². The van der Waals surface area contributed by atoms with Crippen LogP contribution in [-0.4, -0.2) is 41.0 Å². The molecule has 0 bridgehead atoms. The van der Waals surface area contributed by atoms with E-state index in [0.29, 0.717) is 6.04 Å². The first kappa shape index (κ1) is 11.9. The number of hydrogen-bond donors (Lipinski definition) is 1. The fourth-order valence-corrected chi connectivity index (χ4v) is 3.07. The van der Waals surface area contributed by atoms with Crippen LogP contribution in [0.1, 0.15) is 36.9 Å². The van der Waals surface area contributed by atoms with Gasteiger partial charge in [0.05, 0.1) is 0 Å². The highest BCUT2D eigenvalue weighted by Crippen LogP contribution is 2.25. The molecule has 0 amide bonds. The molecule has 0 saturated carbocycles. The van der Waals surface area contributed by atoms with Crippen LogP contribution >= 0.6 is 0 Å². The highest BCUT2D eigenvalue weighted by molar-refractivity contribution is 5.47. The van der Waals surface area contributed by atoms with Gasteiger partial charge in [0.2, 0.25) is 0 Å². The number of rotatable bonds is 2. The quantitative estimate of drug-likeness (QED) is 0.809. The highest BCUT2D eigenvalue weighted by atomic mass is 15.2. The number of nitrogens with zero attached hydrogens (tertiary/aromatic N) is 3. The molecule has 0 spiro atoms. The van der Waals surface area contributed by atoms with E-state index < -0.39 is 0 Å². The van der Waals surface area contributed by atoms with Crippen LogP contribution in [-0.2, 0) is 12.8 Å². The fourth-order valence-electron chi connectivity index (χ4n) is 3.07. The summed E-state index contributed by atoms with van der Waals surface area (Å²) in [5.74, 6) is 1.10. The largest absolute Gasteiger partial charge is 0.366 e. The molecule has 1 N–H and O–H groups in total. The molecule has 98 valence electrons. The summed E-state index contributed by atoms with van der Waals surface area (Å²) >= 11 is 0. The Labute approximate surface area is 109 Å². The summed E-state index contributed by atoms with van der Waals surface area (Å²) in [6.45, 7) is 2.31. The van der Waals surface area contributed by atoms with Gasteiger partial charge in [-0.15, -0.1) is 0 Å². The number of aromatic nitrogens is 2.